The second-order valence-electron chi connectivity index (χ2n) is 14.2. The molecule has 0 spiro atoms. The van der Waals surface area contributed by atoms with Gasteiger partial charge in [-0.05, 0) is 105 Å². The highest BCUT2D eigenvalue weighted by Gasteiger charge is 2.28. The number of amides is 3. The Labute approximate surface area is 307 Å². The number of hydrogen-bond donors (Lipinski definition) is 3. The van der Waals surface area contributed by atoms with Gasteiger partial charge in [-0.25, -0.2) is 14.6 Å². The lowest BCUT2D eigenvalue weighted by molar-refractivity contribution is 0.0522. The van der Waals surface area contributed by atoms with Crippen LogP contribution in [0.5, 0.6) is 5.75 Å². The minimum Gasteiger partial charge on any atom is -0.493 e. The molecule has 11 nitrogen and oxygen atoms in total. The van der Waals surface area contributed by atoms with Gasteiger partial charge in [-0.1, -0.05) is 25.0 Å². The maximum atomic E-state index is 14.5. The third-order valence-corrected chi connectivity index (χ3v) is 10.1. The van der Waals surface area contributed by atoms with Crippen molar-refractivity contribution in [1.82, 2.24) is 15.6 Å². The lowest BCUT2D eigenvalue weighted by Gasteiger charge is -2.20. The third-order valence-electron chi connectivity index (χ3n) is 9.14. The van der Waals surface area contributed by atoms with Gasteiger partial charge in [0.1, 0.15) is 17.0 Å². The number of aryl methyl sites for hydroxylation is 2. The van der Waals surface area contributed by atoms with E-state index in [9.17, 15) is 19.2 Å². The van der Waals surface area contributed by atoms with Gasteiger partial charge in [-0.15, -0.1) is 11.3 Å². The van der Waals surface area contributed by atoms with Crippen molar-refractivity contribution < 1.29 is 33.4 Å². The maximum absolute atomic E-state index is 14.5. The number of nitrogens with one attached hydrogen (secondary N) is 3. The number of benzene rings is 2. The van der Waals surface area contributed by atoms with Crippen LogP contribution in [0, 0.1) is 13.8 Å². The molecule has 1 aliphatic heterocycles. The smallest absolute Gasteiger partial charge is 0.407 e. The molecule has 6 rings (SSSR count). The summed E-state index contributed by atoms with van der Waals surface area (Å²) in [7, 11) is 1.25. The second-order valence-corrected chi connectivity index (χ2v) is 15.1. The monoisotopic (exact) mass is 724 g/mol. The predicted molar refractivity (Wildman–Crippen MR) is 200 cm³/mol. The van der Waals surface area contributed by atoms with Gasteiger partial charge in [0.25, 0.3) is 11.8 Å². The van der Waals surface area contributed by atoms with E-state index in [1.165, 1.54) is 7.11 Å². The topological polar surface area (TPSA) is 145 Å². The minimum absolute atomic E-state index is 0.0666. The first-order valence-electron chi connectivity index (χ1n) is 17.5. The number of methoxy groups -OCH3 is 1. The van der Waals surface area contributed by atoms with Crippen LogP contribution in [0.15, 0.2) is 47.8 Å². The number of anilines is 1. The van der Waals surface area contributed by atoms with Crippen LogP contribution >= 0.6 is 11.3 Å². The van der Waals surface area contributed by atoms with Crippen molar-refractivity contribution in [3.8, 4) is 27.3 Å². The number of hydrogen-bond acceptors (Lipinski definition) is 9. The number of nitrogens with zero attached hydrogens (tertiary/aromatic N) is 1. The average Bonchev–Trinajstić information content (AvgIpc) is 3.76. The molecule has 2 aliphatic rings. The number of aromatic nitrogens is 1. The van der Waals surface area contributed by atoms with Crippen molar-refractivity contribution in [3.63, 3.8) is 0 Å². The number of esters is 1. The minimum atomic E-state index is -0.740. The molecule has 1 fully saturated rings. The average molecular weight is 725 g/mol. The molecule has 0 bridgehead atoms. The Balaban J connectivity index is 1.39. The molecule has 2 aromatic heterocycles. The Morgan fingerprint density at radius 1 is 0.942 bits per heavy atom. The molecule has 1 saturated carbocycles. The molecule has 4 aromatic rings. The highest BCUT2D eigenvalue weighted by atomic mass is 32.1. The number of fused-ring (bicyclic) bond motifs is 3. The van der Waals surface area contributed by atoms with Gasteiger partial charge in [0.2, 0.25) is 0 Å². The highest BCUT2D eigenvalue weighted by Crippen LogP contribution is 2.43. The molecule has 12 heteroatoms. The van der Waals surface area contributed by atoms with Crippen LogP contribution in [-0.4, -0.2) is 54.2 Å². The van der Waals surface area contributed by atoms with Crippen molar-refractivity contribution in [2.75, 3.05) is 19.0 Å². The van der Waals surface area contributed by atoms with E-state index in [0.29, 0.717) is 35.6 Å². The van der Waals surface area contributed by atoms with E-state index >= 15 is 0 Å². The van der Waals surface area contributed by atoms with E-state index in [1.807, 2.05) is 31.4 Å². The number of alkyl carbamates (subject to hydrolysis) is 1. The summed E-state index contributed by atoms with van der Waals surface area (Å²) in [5, 5.41) is 10.9. The molecule has 0 saturated heterocycles. The predicted octanol–water partition coefficient (Wildman–Crippen LogP) is 7.76. The number of pyridine rings is 1. The van der Waals surface area contributed by atoms with Crippen LogP contribution < -0.4 is 20.7 Å². The Morgan fingerprint density at radius 2 is 1.67 bits per heavy atom. The number of ether oxygens (including phenoxy) is 3. The van der Waals surface area contributed by atoms with Gasteiger partial charge in [0.05, 0.1) is 13.7 Å². The Kier molecular flexibility index (Phi) is 10.7. The van der Waals surface area contributed by atoms with Crippen molar-refractivity contribution >= 4 is 40.9 Å². The zero-order valence-corrected chi connectivity index (χ0v) is 31.2. The lowest BCUT2D eigenvalue weighted by Crippen LogP contribution is -2.33. The third kappa shape index (κ3) is 8.12. The molecular formula is C40H44N4O7S. The van der Waals surface area contributed by atoms with E-state index in [4.69, 9.17) is 14.2 Å². The van der Waals surface area contributed by atoms with E-state index in [0.717, 1.165) is 58.4 Å². The Morgan fingerprint density at radius 3 is 2.37 bits per heavy atom. The molecule has 1 aliphatic carbocycles. The van der Waals surface area contributed by atoms with E-state index < -0.39 is 23.6 Å². The Bertz CT molecular complexity index is 2020. The summed E-state index contributed by atoms with van der Waals surface area (Å²) in [6.07, 6.45) is 4.10. The van der Waals surface area contributed by atoms with Gasteiger partial charge < -0.3 is 30.2 Å². The van der Waals surface area contributed by atoms with Crippen LogP contribution in [0.4, 0.5) is 10.5 Å². The molecule has 3 N–H and O–H groups in total. The Hall–Kier alpha value is -5.23. The number of thiophene rings is 1. The van der Waals surface area contributed by atoms with Crippen molar-refractivity contribution in [3.05, 3.63) is 87.0 Å². The summed E-state index contributed by atoms with van der Waals surface area (Å²) < 4.78 is 16.7. The summed E-state index contributed by atoms with van der Waals surface area (Å²) in [6.45, 7) is 9.88. The zero-order valence-electron chi connectivity index (χ0n) is 30.4. The molecule has 52 heavy (non-hydrogen) atoms. The highest BCUT2D eigenvalue weighted by molar-refractivity contribution is 7.13. The number of carbonyl (C=O) groups is 4. The van der Waals surface area contributed by atoms with Crippen LogP contribution in [0.3, 0.4) is 0 Å². The molecule has 0 radical (unpaired) electrons. The van der Waals surface area contributed by atoms with Gasteiger partial charge in [0.15, 0.2) is 5.69 Å². The molecule has 0 atom stereocenters. The van der Waals surface area contributed by atoms with Crippen molar-refractivity contribution in [2.24, 2.45) is 0 Å². The first-order chi connectivity index (χ1) is 24.8. The van der Waals surface area contributed by atoms with Gasteiger partial charge >= 0.3 is 12.1 Å². The summed E-state index contributed by atoms with van der Waals surface area (Å²) in [6, 6.07) is 12.7. The first kappa shape index (κ1) is 36.6. The zero-order chi connectivity index (χ0) is 37.2. The van der Waals surface area contributed by atoms with Gasteiger partial charge in [0, 0.05) is 51.8 Å². The summed E-state index contributed by atoms with van der Waals surface area (Å²) in [5.41, 5.74) is 5.35. The number of rotatable bonds is 8. The van der Waals surface area contributed by atoms with Crippen LogP contribution in [-0.2, 0) is 22.4 Å². The summed E-state index contributed by atoms with van der Waals surface area (Å²) >= 11 is 1.57. The maximum Gasteiger partial charge on any atom is 0.407 e. The first-order valence-corrected chi connectivity index (χ1v) is 18.4. The molecule has 272 valence electrons. The molecule has 2 aromatic carbocycles. The van der Waals surface area contributed by atoms with E-state index in [1.54, 1.807) is 56.4 Å². The van der Waals surface area contributed by atoms with Crippen molar-refractivity contribution in [2.45, 2.75) is 84.9 Å². The quantitative estimate of drug-likeness (QED) is 0.156. The van der Waals surface area contributed by atoms with Gasteiger partial charge in [-0.2, -0.15) is 0 Å². The van der Waals surface area contributed by atoms with E-state index in [-0.39, 0.29) is 35.4 Å². The SMILES string of the molecule is COC(=O)c1nc(C(=O)NC2CCCC2)ccc1-c1cc2c(cc1C(=O)Nc1c(C)cc(CNC(=O)OC(C)(C)C)cc1C)-c1sccc1CCO2. The summed E-state index contributed by atoms with van der Waals surface area (Å²) in [5.74, 6) is -0.950. The number of carbonyl (C=O) groups excluding carboxylic acids is 4. The molecule has 0 unspecified atom stereocenters. The molecule has 3 heterocycles. The fourth-order valence-corrected chi connectivity index (χ4v) is 7.71. The fraction of sp³-hybridized carbons (Fsp3) is 0.375. The van der Waals surface area contributed by atoms with Crippen LogP contribution in [0.2, 0.25) is 0 Å². The molecular weight excluding hydrogens is 681 g/mol. The fourth-order valence-electron chi connectivity index (χ4n) is 6.73. The van der Waals surface area contributed by atoms with Crippen molar-refractivity contribution in [1.29, 1.82) is 0 Å². The molecule has 3 amide bonds. The van der Waals surface area contributed by atoms with E-state index in [2.05, 4.69) is 27.0 Å². The largest absolute Gasteiger partial charge is 0.493 e. The van der Waals surface area contributed by atoms with Crippen LogP contribution in [0.1, 0.15) is 100 Å². The summed E-state index contributed by atoms with van der Waals surface area (Å²) in [4.78, 5) is 58.7. The van der Waals surface area contributed by atoms with Gasteiger partial charge in [-0.3, -0.25) is 9.59 Å². The van der Waals surface area contributed by atoms with Crippen LogP contribution in [0.25, 0.3) is 21.6 Å². The lowest BCUT2D eigenvalue weighted by atomic mass is 9.93. The standard InChI is InChI=1S/C40H44N4O7S/c1-22-17-24(21-41-39(48)51-40(3,4)5)18-23(2)33(22)44-36(45)29-19-30-32(50-15-13-25-14-16-52-35(25)30)20-28(29)27-11-12-31(43-34(27)38(47)49-6)37(46)42-26-9-7-8-10-26/h11-12,14,16-20,26H,7-10,13,15,21H2,1-6H3,(H,41,48)(H,42,46)(H,44,45). The second kappa shape index (κ2) is 15.2. The normalized spacial score (nSPS) is 14.0.